The van der Waals surface area contributed by atoms with Crippen LogP contribution < -0.4 is 5.32 Å². The summed E-state index contributed by atoms with van der Waals surface area (Å²) in [5.74, 6) is 0.920. The van der Waals surface area contributed by atoms with Crippen LogP contribution >= 0.6 is 11.3 Å². The van der Waals surface area contributed by atoms with Crippen LogP contribution in [0.1, 0.15) is 45.6 Å². The Hall–Kier alpha value is -2.35. The monoisotopic (exact) mass is 356 g/mol. The summed E-state index contributed by atoms with van der Waals surface area (Å²) in [6.07, 6.45) is 4.80. The van der Waals surface area contributed by atoms with E-state index in [2.05, 4.69) is 25.4 Å². The second kappa shape index (κ2) is 6.51. The highest BCUT2D eigenvalue weighted by Gasteiger charge is 2.16. The third-order valence-corrected chi connectivity index (χ3v) is 5.46. The SMILES string of the molecule is Cc1cc(C)n2nc(CC(=O)NCc3nc4c(s3)CCCC4)nc2n1. The average molecular weight is 356 g/mol. The highest BCUT2D eigenvalue weighted by Crippen LogP contribution is 2.26. The molecule has 0 radical (unpaired) electrons. The predicted molar refractivity (Wildman–Crippen MR) is 94.6 cm³/mol. The number of hydrogen-bond acceptors (Lipinski definition) is 6. The molecule has 8 heteroatoms. The number of rotatable bonds is 4. The molecule has 25 heavy (non-hydrogen) atoms. The Morgan fingerprint density at radius 2 is 2.08 bits per heavy atom. The number of thiazole rings is 1. The van der Waals surface area contributed by atoms with Gasteiger partial charge in [-0.1, -0.05) is 0 Å². The number of amides is 1. The molecule has 0 spiro atoms. The van der Waals surface area contributed by atoms with E-state index in [9.17, 15) is 4.79 Å². The number of nitrogens with zero attached hydrogens (tertiary/aromatic N) is 5. The maximum atomic E-state index is 12.2. The zero-order valence-corrected chi connectivity index (χ0v) is 15.2. The maximum Gasteiger partial charge on any atom is 0.252 e. The van der Waals surface area contributed by atoms with Crippen molar-refractivity contribution < 1.29 is 4.79 Å². The fourth-order valence-electron chi connectivity index (χ4n) is 3.14. The van der Waals surface area contributed by atoms with Gasteiger partial charge in [-0.05, 0) is 45.6 Å². The van der Waals surface area contributed by atoms with Gasteiger partial charge in [-0.25, -0.2) is 14.5 Å². The van der Waals surface area contributed by atoms with Crippen molar-refractivity contribution in [3.8, 4) is 0 Å². The molecule has 0 bridgehead atoms. The quantitative estimate of drug-likeness (QED) is 0.772. The molecule has 3 aromatic heterocycles. The molecule has 1 aliphatic rings. The largest absolute Gasteiger partial charge is 0.349 e. The van der Waals surface area contributed by atoms with E-state index in [1.165, 1.54) is 23.4 Å². The van der Waals surface area contributed by atoms with E-state index in [-0.39, 0.29) is 12.3 Å². The molecule has 4 rings (SSSR count). The second-order valence-corrected chi connectivity index (χ2v) is 7.58. The van der Waals surface area contributed by atoms with Crippen LogP contribution in [0.25, 0.3) is 5.78 Å². The molecule has 130 valence electrons. The van der Waals surface area contributed by atoms with E-state index in [0.717, 1.165) is 29.2 Å². The van der Waals surface area contributed by atoms with Crippen molar-refractivity contribution in [3.05, 3.63) is 38.9 Å². The summed E-state index contributed by atoms with van der Waals surface area (Å²) in [6, 6.07) is 1.94. The fraction of sp³-hybridized carbons (Fsp3) is 0.471. The van der Waals surface area contributed by atoms with Gasteiger partial charge in [-0.2, -0.15) is 4.98 Å². The molecule has 0 aromatic carbocycles. The Labute approximate surface area is 149 Å². The molecule has 7 nitrogen and oxygen atoms in total. The van der Waals surface area contributed by atoms with Crippen molar-refractivity contribution in [3.63, 3.8) is 0 Å². The molecule has 0 saturated heterocycles. The summed E-state index contributed by atoms with van der Waals surface area (Å²) in [6.45, 7) is 4.34. The van der Waals surface area contributed by atoms with Gasteiger partial charge in [0.25, 0.3) is 5.78 Å². The van der Waals surface area contributed by atoms with Crippen molar-refractivity contribution in [1.29, 1.82) is 0 Å². The molecular formula is C17H20N6OS. The van der Waals surface area contributed by atoms with Gasteiger partial charge in [0.15, 0.2) is 5.82 Å². The Morgan fingerprint density at radius 3 is 2.92 bits per heavy atom. The lowest BCUT2D eigenvalue weighted by Gasteiger charge is -2.06. The molecule has 1 N–H and O–H groups in total. The molecule has 0 atom stereocenters. The molecule has 1 amide bonds. The minimum Gasteiger partial charge on any atom is -0.349 e. The van der Waals surface area contributed by atoms with Crippen LogP contribution in [0.15, 0.2) is 6.07 Å². The van der Waals surface area contributed by atoms with E-state index in [0.29, 0.717) is 18.1 Å². The highest BCUT2D eigenvalue weighted by atomic mass is 32.1. The molecule has 0 aliphatic heterocycles. The molecule has 3 heterocycles. The van der Waals surface area contributed by atoms with Crippen LogP contribution in [-0.2, 0) is 30.6 Å². The zero-order valence-electron chi connectivity index (χ0n) is 14.4. The number of nitrogens with one attached hydrogen (secondary N) is 1. The molecule has 1 aliphatic carbocycles. The minimum atomic E-state index is -0.0987. The lowest BCUT2D eigenvalue weighted by molar-refractivity contribution is -0.120. The van der Waals surface area contributed by atoms with Gasteiger partial charge in [0.2, 0.25) is 5.91 Å². The Balaban J connectivity index is 1.40. The summed E-state index contributed by atoms with van der Waals surface area (Å²) >= 11 is 1.72. The van der Waals surface area contributed by atoms with Gasteiger partial charge in [0, 0.05) is 16.3 Å². The first-order chi connectivity index (χ1) is 12.1. The summed E-state index contributed by atoms with van der Waals surface area (Å²) in [5, 5.41) is 8.28. The fourth-order valence-corrected chi connectivity index (χ4v) is 4.24. The lowest BCUT2D eigenvalue weighted by Crippen LogP contribution is -2.25. The maximum absolute atomic E-state index is 12.2. The predicted octanol–water partition coefficient (Wildman–Crippen LogP) is 1.94. The van der Waals surface area contributed by atoms with Crippen LogP contribution in [0.5, 0.6) is 0 Å². The van der Waals surface area contributed by atoms with Crippen molar-refractivity contribution in [2.75, 3.05) is 0 Å². The number of aromatic nitrogens is 5. The van der Waals surface area contributed by atoms with Crippen molar-refractivity contribution in [2.24, 2.45) is 0 Å². The summed E-state index contributed by atoms with van der Waals surface area (Å²) < 4.78 is 1.67. The zero-order chi connectivity index (χ0) is 17.4. The van der Waals surface area contributed by atoms with Gasteiger partial charge < -0.3 is 5.32 Å². The minimum absolute atomic E-state index is 0.0987. The van der Waals surface area contributed by atoms with Crippen LogP contribution in [0.3, 0.4) is 0 Å². The highest BCUT2D eigenvalue weighted by molar-refractivity contribution is 7.11. The third kappa shape index (κ3) is 3.39. The van der Waals surface area contributed by atoms with E-state index in [1.54, 1.807) is 15.9 Å². The molecule has 0 unspecified atom stereocenters. The van der Waals surface area contributed by atoms with Crippen molar-refractivity contribution in [2.45, 2.75) is 52.5 Å². The number of hydrogen-bond donors (Lipinski definition) is 1. The van der Waals surface area contributed by atoms with Crippen molar-refractivity contribution in [1.82, 2.24) is 29.9 Å². The van der Waals surface area contributed by atoms with Crippen LogP contribution in [0.4, 0.5) is 0 Å². The molecule has 0 fully saturated rings. The number of carbonyl (C=O) groups excluding carboxylic acids is 1. The first kappa shape index (κ1) is 16.1. The topological polar surface area (TPSA) is 85.1 Å². The standard InChI is InChI=1S/C17H20N6OS/c1-10-7-11(2)23-17(19-10)21-14(22-23)8-15(24)18-9-16-20-12-5-3-4-6-13(12)25-16/h7H,3-6,8-9H2,1-2H3,(H,18,24). The van der Waals surface area contributed by atoms with Crippen molar-refractivity contribution >= 4 is 23.0 Å². The molecular weight excluding hydrogens is 336 g/mol. The average Bonchev–Trinajstić information content (AvgIpc) is 3.16. The van der Waals surface area contributed by atoms with Gasteiger partial charge in [0.1, 0.15) is 5.01 Å². The van der Waals surface area contributed by atoms with Crippen LogP contribution in [0.2, 0.25) is 0 Å². The lowest BCUT2D eigenvalue weighted by atomic mass is 10.0. The normalized spacial score (nSPS) is 13.8. The third-order valence-electron chi connectivity index (χ3n) is 4.31. The summed E-state index contributed by atoms with van der Waals surface area (Å²) in [4.78, 5) is 26.9. The van der Waals surface area contributed by atoms with Gasteiger partial charge in [0.05, 0.1) is 18.7 Å². The molecule has 3 aromatic rings. The summed E-state index contributed by atoms with van der Waals surface area (Å²) in [7, 11) is 0. The van der Waals surface area contributed by atoms with Crippen LogP contribution in [-0.4, -0.2) is 30.5 Å². The van der Waals surface area contributed by atoms with Crippen LogP contribution in [0, 0.1) is 13.8 Å². The Bertz CT molecular complexity index is 921. The number of aryl methyl sites for hydroxylation is 4. The first-order valence-corrected chi connectivity index (χ1v) is 9.34. The Morgan fingerprint density at radius 1 is 1.24 bits per heavy atom. The van der Waals surface area contributed by atoms with E-state index in [4.69, 9.17) is 0 Å². The first-order valence-electron chi connectivity index (χ1n) is 8.52. The number of fused-ring (bicyclic) bond motifs is 2. The molecule has 0 saturated carbocycles. The van der Waals surface area contributed by atoms with Gasteiger partial charge in [-0.3, -0.25) is 4.79 Å². The van der Waals surface area contributed by atoms with Gasteiger partial charge >= 0.3 is 0 Å². The second-order valence-electron chi connectivity index (χ2n) is 6.42. The van der Waals surface area contributed by atoms with E-state index in [1.807, 2.05) is 19.9 Å². The Kier molecular flexibility index (Phi) is 4.20. The van der Waals surface area contributed by atoms with Gasteiger partial charge in [-0.15, -0.1) is 16.4 Å². The smallest absolute Gasteiger partial charge is 0.252 e. The van der Waals surface area contributed by atoms with E-state index >= 15 is 0 Å². The summed E-state index contributed by atoms with van der Waals surface area (Å²) in [5.41, 5.74) is 3.07. The van der Waals surface area contributed by atoms with E-state index < -0.39 is 0 Å². The number of carbonyl (C=O) groups is 1.